The van der Waals surface area contributed by atoms with Crippen LogP contribution in [-0.4, -0.2) is 32.0 Å². The fourth-order valence-corrected chi connectivity index (χ4v) is 1.96. The van der Waals surface area contributed by atoms with Gasteiger partial charge in [0.2, 0.25) is 5.95 Å². The van der Waals surface area contributed by atoms with Crippen LogP contribution in [0.3, 0.4) is 0 Å². The molecular weight excluding hydrogens is 253 g/mol. The van der Waals surface area contributed by atoms with Gasteiger partial charge in [-0.15, -0.1) is 0 Å². The van der Waals surface area contributed by atoms with E-state index >= 15 is 0 Å². The highest BCUT2D eigenvalue weighted by Crippen LogP contribution is 2.33. The maximum Gasteiger partial charge on any atom is 0.342 e. The van der Waals surface area contributed by atoms with Crippen LogP contribution in [0.2, 0.25) is 0 Å². The second-order valence-electron chi connectivity index (χ2n) is 4.00. The van der Waals surface area contributed by atoms with Crippen LogP contribution in [0, 0.1) is 12.9 Å². The van der Waals surface area contributed by atoms with Crippen LogP contribution >= 0.6 is 0 Å². The van der Waals surface area contributed by atoms with Crippen molar-refractivity contribution in [2.45, 2.75) is 25.9 Å². The van der Waals surface area contributed by atoms with Crippen molar-refractivity contribution in [3.05, 3.63) is 29.3 Å². The fraction of sp³-hybridized carbons (Fsp3) is 0.538. The average molecular weight is 271 g/mol. The van der Waals surface area contributed by atoms with E-state index in [0.717, 1.165) is 0 Å². The number of hydrogen-bond donors (Lipinski definition) is 0. The van der Waals surface area contributed by atoms with Crippen LogP contribution in [0.5, 0.6) is 0 Å². The normalized spacial score (nSPS) is 13.9. The Hall–Kier alpha value is -1.53. The zero-order valence-corrected chi connectivity index (χ0v) is 11.5. The Morgan fingerprint density at radius 3 is 2.68 bits per heavy atom. The summed E-state index contributed by atoms with van der Waals surface area (Å²) in [6, 6.07) is 1.55. The molecule has 1 atom stereocenters. The molecule has 0 aromatic carbocycles. The zero-order valence-electron chi connectivity index (χ0n) is 11.5. The fourth-order valence-electron chi connectivity index (χ4n) is 1.96. The van der Waals surface area contributed by atoms with Gasteiger partial charge in [-0.25, -0.2) is 9.78 Å². The molecule has 0 spiro atoms. The van der Waals surface area contributed by atoms with E-state index < -0.39 is 17.5 Å². The van der Waals surface area contributed by atoms with Crippen molar-refractivity contribution in [3.63, 3.8) is 0 Å². The lowest BCUT2D eigenvalue weighted by molar-refractivity contribution is -0.188. The van der Waals surface area contributed by atoms with Gasteiger partial charge in [-0.2, -0.15) is 4.39 Å². The Bertz CT molecular complexity index is 452. The predicted octanol–water partition coefficient (Wildman–Crippen LogP) is 1.93. The standard InChI is InChI=1S/C13H18FNO4/c1-5-13(12(16)18-4,19-8-17-3)10-6-7-15-11(14)9(10)2/h6-7H,5,8H2,1-4H3. The molecule has 0 bridgehead atoms. The van der Waals surface area contributed by atoms with Gasteiger partial charge in [-0.3, -0.25) is 0 Å². The molecule has 0 radical (unpaired) electrons. The first kappa shape index (κ1) is 15.5. The number of rotatable bonds is 6. The van der Waals surface area contributed by atoms with Crippen molar-refractivity contribution in [1.29, 1.82) is 0 Å². The summed E-state index contributed by atoms with van der Waals surface area (Å²) in [5.74, 6) is -1.24. The Labute approximate surface area is 111 Å². The third-order valence-corrected chi connectivity index (χ3v) is 3.01. The molecule has 0 N–H and O–H groups in total. The lowest BCUT2D eigenvalue weighted by Crippen LogP contribution is -2.40. The monoisotopic (exact) mass is 271 g/mol. The van der Waals surface area contributed by atoms with E-state index in [1.54, 1.807) is 19.9 Å². The van der Waals surface area contributed by atoms with Crippen LogP contribution < -0.4 is 0 Å². The molecule has 5 nitrogen and oxygen atoms in total. The van der Waals surface area contributed by atoms with Crippen LogP contribution in [0.25, 0.3) is 0 Å². The molecule has 1 unspecified atom stereocenters. The number of ether oxygens (including phenoxy) is 3. The molecule has 0 aliphatic heterocycles. The molecule has 19 heavy (non-hydrogen) atoms. The maximum absolute atomic E-state index is 13.6. The number of hydrogen-bond acceptors (Lipinski definition) is 5. The summed E-state index contributed by atoms with van der Waals surface area (Å²) in [7, 11) is 2.70. The summed E-state index contributed by atoms with van der Waals surface area (Å²) < 4.78 is 28.7. The number of carbonyl (C=O) groups excluding carboxylic acids is 1. The SMILES string of the molecule is CCC(OCOC)(C(=O)OC)c1ccnc(F)c1C. The van der Waals surface area contributed by atoms with Crippen LogP contribution in [0.15, 0.2) is 12.3 Å². The smallest absolute Gasteiger partial charge is 0.342 e. The van der Waals surface area contributed by atoms with Gasteiger partial charge in [-0.05, 0) is 19.4 Å². The first-order chi connectivity index (χ1) is 9.03. The number of pyridine rings is 1. The zero-order chi connectivity index (χ0) is 14.5. The van der Waals surface area contributed by atoms with Gasteiger partial charge in [0.15, 0.2) is 5.60 Å². The summed E-state index contributed by atoms with van der Waals surface area (Å²) in [5.41, 5.74) is -0.740. The minimum absolute atomic E-state index is 0.105. The molecule has 0 amide bonds. The first-order valence-corrected chi connectivity index (χ1v) is 5.86. The van der Waals surface area contributed by atoms with E-state index in [2.05, 4.69) is 4.98 Å². The van der Waals surface area contributed by atoms with Crippen molar-refractivity contribution in [3.8, 4) is 0 Å². The summed E-state index contributed by atoms with van der Waals surface area (Å²) >= 11 is 0. The van der Waals surface area contributed by atoms with Crippen molar-refractivity contribution in [1.82, 2.24) is 4.98 Å². The lowest BCUT2D eigenvalue weighted by atomic mass is 9.88. The first-order valence-electron chi connectivity index (χ1n) is 5.86. The van der Waals surface area contributed by atoms with Gasteiger partial charge in [0.1, 0.15) is 6.79 Å². The summed E-state index contributed by atoms with van der Waals surface area (Å²) in [4.78, 5) is 15.6. The van der Waals surface area contributed by atoms with Crippen molar-refractivity contribution >= 4 is 5.97 Å². The Morgan fingerprint density at radius 2 is 2.16 bits per heavy atom. The predicted molar refractivity (Wildman–Crippen MR) is 65.9 cm³/mol. The average Bonchev–Trinajstić information content (AvgIpc) is 2.43. The van der Waals surface area contributed by atoms with Gasteiger partial charge in [0.05, 0.1) is 7.11 Å². The molecule has 0 fully saturated rings. The molecule has 1 rings (SSSR count). The third-order valence-electron chi connectivity index (χ3n) is 3.01. The summed E-state index contributed by atoms with van der Waals surface area (Å²) in [5, 5.41) is 0. The Balaban J connectivity index is 3.36. The maximum atomic E-state index is 13.6. The second-order valence-corrected chi connectivity index (χ2v) is 4.00. The highest BCUT2D eigenvalue weighted by atomic mass is 19.1. The largest absolute Gasteiger partial charge is 0.467 e. The van der Waals surface area contributed by atoms with Crippen molar-refractivity contribution in [2.24, 2.45) is 0 Å². The van der Waals surface area contributed by atoms with Crippen molar-refractivity contribution < 1.29 is 23.4 Å². The minimum Gasteiger partial charge on any atom is -0.467 e. The van der Waals surface area contributed by atoms with Gasteiger partial charge < -0.3 is 14.2 Å². The molecular formula is C13H18FNO4. The molecule has 0 saturated carbocycles. The molecule has 1 heterocycles. The number of esters is 1. The highest BCUT2D eigenvalue weighted by molar-refractivity contribution is 5.81. The topological polar surface area (TPSA) is 57.7 Å². The molecule has 0 aliphatic carbocycles. The lowest BCUT2D eigenvalue weighted by Gasteiger charge is -2.31. The minimum atomic E-state index is -1.39. The Kier molecular flexibility index (Phi) is 5.38. The van der Waals surface area contributed by atoms with E-state index in [4.69, 9.17) is 14.2 Å². The number of methoxy groups -OCH3 is 2. The number of halogens is 1. The van der Waals surface area contributed by atoms with E-state index in [0.29, 0.717) is 5.56 Å². The van der Waals surface area contributed by atoms with E-state index in [1.165, 1.54) is 20.4 Å². The summed E-state index contributed by atoms with van der Waals surface area (Å²) in [6.07, 6.45) is 1.58. The Morgan fingerprint density at radius 1 is 1.47 bits per heavy atom. The van der Waals surface area contributed by atoms with E-state index in [-0.39, 0.29) is 18.8 Å². The van der Waals surface area contributed by atoms with Crippen LogP contribution in [0.4, 0.5) is 4.39 Å². The third kappa shape index (κ3) is 2.90. The van der Waals surface area contributed by atoms with Crippen LogP contribution in [-0.2, 0) is 24.6 Å². The molecule has 1 aromatic heterocycles. The quantitative estimate of drug-likeness (QED) is 0.449. The van der Waals surface area contributed by atoms with Crippen molar-refractivity contribution in [2.75, 3.05) is 21.0 Å². The number of nitrogens with zero attached hydrogens (tertiary/aromatic N) is 1. The molecule has 6 heteroatoms. The number of aromatic nitrogens is 1. The highest BCUT2D eigenvalue weighted by Gasteiger charge is 2.43. The van der Waals surface area contributed by atoms with Gasteiger partial charge in [0, 0.05) is 24.4 Å². The number of carbonyl (C=O) groups is 1. The molecule has 0 saturated heterocycles. The summed E-state index contributed by atoms with van der Waals surface area (Å²) in [6.45, 7) is 3.19. The van der Waals surface area contributed by atoms with Gasteiger partial charge >= 0.3 is 5.97 Å². The van der Waals surface area contributed by atoms with E-state index in [9.17, 15) is 9.18 Å². The van der Waals surface area contributed by atoms with Gasteiger partial charge in [0.25, 0.3) is 0 Å². The van der Waals surface area contributed by atoms with Crippen LogP contribution in [0.1, 0.15) is 24.5 Å². The second kappa shape index (κ2) is 6.58. The molecule has 0 aliphatic rings. The van der Waals surface area contributed by atoms with E-state index in [1.807, 2.05) is 0 Å². The van der Waals surface area contributed by atoms with Gasteiger partial charge in [-0.1, -0.05) is 6.92 Å². The molecule has 1 aromatic rings. The molecule has 106 valence electrons.